The first-order chi connectivity index (χ1) is 16.9. The van der Waals surface area contributed by atoms with E-state index in [0.717, 1.165) is 30.5 Å². The average Bonchev–Trinajstić information content (AvgIpc) is 3.42. The zero-order valence-electron chi connectivity index (χ0n) is 20.8. The van der Waals surface area contributed by atoms with Crippen LogP contribution in [-0.2, 0) is 27.3 Å². The minimum atomic E-state index is -0.858. The molecule has 1 aliphatic rings. The quantitative estimate of drug-likeness (QED) is 0.314. The number of hydrogen-bond donors (Lipinski definition) is 5. The molecule has 3 rings (SSSR count). The summed E-state index contributed by atoms with van der Waals surface area (Å²) >= 11 is 0. The third-order valence-electron chi connectivity index (χ3n) is 6.49. The molecule has 9 heteroatoms. The third-order valence-corrected chi connectivity index (χ3v) is 6.49. The number of benzene rings is 2. The molecular formula is C27H37ClN4O4. The van der Waals surface area contributed by atoms with Gasteiger partial charge in [-0.3, -0.25) is 14.4 Å². The minimum Gasteiger partial charge on any atom is -0.508 e. The van der Waals surface area contributed by atoms with Gasteiger partial charge in [0.25, 0.3) is 0 Å². The number of phenols is 1. The highest BCUT2D eigenvalue weighted by molar-refractivity contribution is 5.93. The van der Waals surface area contributed by atoms with Gasteiger partial charge in [0.2, 0.25) is 17.7 Å². The number of amides is 3. The molecule has 0 aliphatic carbocycles. The lowest BCUT2D eigenvalue weighted by molar-refractivity contribution is -0.133. The molecule has 2 aromatic carbocycles. The molecule has 0 bridgehead atoms. The van der Waals surface area contributed by atoms with E-state index >= 15 is 0 Å². The third kappa shape index (κ3) is 8.53. The van der Waals surface area contributed by atoms with Crippen molar-refractivity contribution in [1.29, 1.82) is 0 Å². The summed E-state index contributed by atoms with van der Waals surface area (Å²) in [5, 5.41) is 21.4. The van der Waals surface area contributed by atoms with Crippen LogP contribution in [0.5, 0.6) is 5.75 Å². The first kappa shape index (κ1) is 29.1. The Hall–Kier alpha value is -3.10. The van der Waals surface area contributed by atoms with E-state index in [1.807, 2.05) is 44.2 Å². The van der Waals surface area contributed by atoms with Crippen LogP contribution in [0.25, 0.3) is 0 Å². The molecule has 8 nitrogen and oxygen atoms in total. The Balaban J connectivity index is 0.00000456. The van der Waals surface area contributed by atoms with Crippen molar-refractivity contribution in [2.45, 2.75) is 64.2 Å². The first-order valence-electron chi connectivity index (χ1n) is 12.3. The van der Waals surface area contributed by atoms with E-state index in [-0.39, 0.29) is 48.4 Å². The molecule has 36 heavy (non-hydrogen) atoms. The summed E-state index contributed by atoms with van der Waals surface area (Å²) in [4.78, 5) is 39.3. The van der Waals surface area contributed by atoms with Gasteiger partial charge in [-0.2, -0.15) is 0 Å². The molecule has 1 saturated heterocycles. The molecule has 1 aliphatic heterocycles. The van der Waals surface area contributed by atoms with Gasteiger partial charge in [0, 0.05) is 13.0 Å². The van der Waals surface area contributed by atoms with Gasteiger partial charge in [0.1, 0.15) is 17.8 Å². The van der Waals surface area contributed by atoms with Crippen molar-refractivity contribution in [2.75, 3.05) is 6.54 Å². The monoisotopic (exact) mass is 516 g/mol. The molecule has 1 heterocycles. The Morgan fingerprint density at radius 2 is 1.69 bits per heavy atom. The van der Waals surface area contributed by atoms with Gasteiger partial charge in [-0.15, -0.1) is 12.4 Å². The summed E-state index contributed by atoms with van der Waals surface area (Å²) in [7, 11) is 0. The summed E-state index contributed by atoms with van der Waals surface area (Å²) < 4.78 is 0. The normalized spacial score (nSPS) is 17.2. The van der Waals surface area contributed by atoms with Crippen LogP contribution in [0.3, 0.4) is 0 Å². The molecule has 196 valence electrons. The highest BCUT2D eigenvalue weighted by Crippen LogP contribution is 2.14. The summed E-state index contributed by atoms with van der Waals surface area (Å²) in [5.74, 6) is -0.875. The van der Waals surface area contributed by atoms with Crippen LogP contribution in [0.4, 0.5) is 0 Å². The van der Waals surface area contributed by atoms with Gasteiger partial charge in [-0.25, -0.2) is 0 Å². The van der Waals surface area contributed by atoms with Crippen molar-refractivity contribution in [3.05, 3.63) is 65.7 Å². The van der Waals surface area contributed by atoms with Crippen LogP contribution in [0.15, 0.2) is 54.6 Å². The molecule has 0 aromatic heterocycles. The van der Waals surface area contributed by atoms with Crippen LogP contribution in [0.2, 0.25) is 0 Å². The Labute approximate surface area is 219 Å². The molecule has 3 amide bonds. The highest BCUT2D eigenvalue weighted by Gasteiger charge is 2.31. The van der Waals surface area contributed by atoms with Crippen LogP contribution in [0.1, 0.15) is 44.2 Å². The Bertz CT molecular complexity index is 981. The first-order valence-corrected chi connectivity index (χ1v) is 12.3. The number of carbonyl (C=O) groups is 3. The summed E-state index contributed by atoms with van der Waals surface area (Å²) in [6.07, 6.45) is 2.56. The molecule has 4 atom stereocenters. The predicted octanol–water partition coefficient (Wildman–Crippen LogP) is 2.44. The maximum absolute atomic E-state index is 13.4. The van der Waals surface area contributed by atoms with Gasteiger partial charge in [-0.1, -0.05) is 62.7 Å². The van der Waals surface area contributed by atoms with Crippen LogP contribution < -0.4 is 21.3 Å². The summed E-state index contributed by atoms with van der Waals surface area (Å²) in [5.41, 5.74) is 1.76. The molecule has 2 aromatic rings. The van der Waals surface area contributed by atoms with E-state index in [4.69, 9.17) is 0 Å². The second-order valence-electron chi connectivity index (χ2n) is 9.16. The maximum Gasteiger partial charge on any atom is 0.243 e. The fraction of sp³-hybridized carbons (Fsp3) is 0.444. The van der Waals surface area contributed by atoms with Crippen molar-refractivity contribution >= 4 is 30.1 Å². The van der Waals surface area contributed by atoms with Gasteiger partial charge in [-0.05, 0) is 48.6 Å². The SMILES string of the molecule is CCC(C)[C@H](NC(=O)[C@H](Cc1ccc(O)cc1)NC(=O)[C@@H]1CCCN1)C(=O)NCc1ccccc1.Cl. The standard InChI is InChI=1S/C27H36N4O4.ClH/c1-3-18(2)24(27(35)29-17-20-8-5-4-6-9-20)31-26(34)23(16-19-11-13-21(32)14-12-19)30-25(33)22-10-7-15-28-22;/h4-6,8-9,11-14,18,22-24,28,32H,3,7,10,15-17H2,1-2H3,(H,29,35)(H,30,33)(H,31,34);1H/t18?,22-,23-,24-;/m0./s1. The number of rotatable bonds is 11. The predicted molar refractivity (Wildman–Crippen MR) is 142 cm³/mol. The van der Waals surface area contributed by atoms with Crippen molar-refractivity contribution in [3.8, 4) is 5.75 Å². The number of hydrogen-bond acceptors (Lipinski definition) is 5. The van der Waals surface area contributed by atoms with E-state index in [0.29, 0.717) is 13.0 Å². The van der Waals surface area contributed by atoms with Crippen molar-refractivity contribution in [1.82, 2.24) is 21.3 Å². The zero-order valence-corrected chi connectivity index (χ0v) is 21.6. The number of carbonyl (C=O) groups excluding carboxylic acids is 3. The lowest BCUT2D eigenvalue weighted by Crippen LogP contribution is -2.57. The number of phenolic OH excluding ortho intramolecular Hbond substituents is 1. The molecule has 0 saturated carbocycles. The van der Waals surface area contributed by atoms with Crippen LogP contribution in [0, 0.1) is 5.92 Å². The number of nitrogens with one attached hydrogen (secondary N) is 4. The topological polar surface area (TPSA) is 120 Å². The maximum atomic E-state index is 13.4. The second kappa shape index (κ2) is 14.5. The van der Waals surface area contributed by atoms with E-state index in [1.165, 1.54) is 0 Å². The van der Waals surface area contributed by atoms with Gasteiger partial charge in [0.15, 0.2) is 0 Å². The summed E-state index contributed by atoms with van der Waals surface area (Å²) in [6, 6.07) is 14.2. The fourth-order valence-electron chi connectivity index (χ4n) is 4.11. The van der Waals surface area contributed by atoms with Crippen molar-refractivity contribution < 1.29 is 19.5 Å². The molecular weight excluding hydrogens is 480 g/mol. The summed E-state index contributed by atoms with van der Waals surface area (Å²) in [6.45, 7) is 5.02. The highest BCUT2D eigenvalue weighted by atomic mass is 35.5. The molecule has 0 radical (unpaired) electrons. The van der Waals surface area contributed by atoms with Gasteiger partial charge >= 0.3 is 0 Å². The molecule has 1 unspecified atom stereocenters. The van der Waals surface area contributed by atoms with E-state index in [2.05, 4.69) is 21.3 Å². The fourth-order valence-corrected chi connectivity index (χ4v) is 4.11. The Morgan fingerprint density at radius 1 is 1.00 bits per heavy atom. The van der Waals surface area contributed by atoms with Gasteiger partial charge < -0.3 is 26.4 Å². The molecule has 0 spiro atoms. The molecule has 1 fully saturated rings. The van der Waals surface area contributed by atoms with E-state index < -0.39 is 18.0 Å². The number of aromatic hydroxyl groups is 1. The van der Waals surface area contributed by atoms with E-state index in [9.17, 15) is 19.5 Å². The van der Waals surface area contributed by atoms with Crippen molar-refractivity contribution in [3.63, 3.8) is 0 Å². The average molecular weight is 517 g/mol. The van der Waals surface area contributed by atoms with Gasteiger partial charge in [0.05, 0.1) is 6.04 Å². The van der Waals surface area contributed by atoms with E-state index in [1.54, 1.807) is 24.3 Å². The van der Waals surface area contributed by atoms with Crippen LogP contribution >= 0.6 is 12.4 Å². The lowest BCUT2D eigenvalue weighted by atomic mass is 9.97. The largest absolute Gasteiger partial charge is 0.508 e. The van der Waals surface area contributed by atoms with Crippen LogP contribution in [-0.4, -0.2) is 47.5 Å². The van der Waals surface area contributed by atoms with Crippen molar-refractivity contribution in [2.24, 2.45) is 5.92 Å². The lowest BCUT2D eigenvalue weighted by Gasteiger charge is -2.27. The number of halogens is 1. The molecule has 5 N–H and O–H groups in total. The second-order valence-corrected chi connectivity index (χ2v) is 9.16. The zero-order chi connectivity index (χ0) is 25.2. The Morgan fingerprint density at radius 3 is 2.31 bits per heavy atom. The minimum absolute atomic E-state index is 0. The smallest absolute Gasteiger partial charge is 0.243 e. The Kier molecular flexibility index (Phi) is 11.7.